The number of carbonyl (C=O) groups excluding carboxylic acids is 1. The number of methoxy groups -OCH3 is 1. The van der Waals surface area contributed by atoms with Crippen molar-refractivity contribution in [3.63, 3.8) is 0 Å². The molecule has 0 saturated heterocycles. The van der Waals surface area contributed by atoms with Gasteiger partial charge < -0.3 is 4.74 Å². The quantitative estimate of drug-likeness (QED) is 0.767. The van der Waals surface area contributed by atoms with Crippen LogP contribution in [0.3, 0.4) is 0 Å². The minimum atomic E-state index is -0.561. The molecule has 1 heterocycles. The summed E-state index contributed by atoms with van der Waals surface area (Å²) >= 11 is 5.89. The van der Waals surface area contributed by atoms with Gasteiger partial charge in [-0.05, 0) is 18.2 Å². The Morgan fingerprint density at radius 2 is 2.18 bits per heavy atom. The summed E-state index contributed by atoms with van der Waals surface area (Å²) in [6, 6.07) is 8.92. The van der Waals surface area contributed by atoms with Gasteiger partial charge in [-0.2, -0.15) is 0 Å². The first-order chi connectivity index (χ1) is 8.20. The van der Waals surface area contributed by atoms with Gasteiger partial charge in [-0.1, -0.05) is 23.7 Å². The predicted molar refractivity (Wildman–Crippen MR) is 63.8 cm³/mol. The molecule has 0 spiro atoms. The normalized spacial score (nSPS) is 10.0. The van der Waals surface area contributed by atoms with E-state index in [1.54, 1.807) is 18.2 Å². The van der Waals surface area contributed by atoms with Crippen LogP contribution in [0.2, 0.25) is 5.02 Å². The van der Waals surface area contributed by atoms with E-state index < -0.39 is 5.97 Å². The zero-order chi connectivity index (χ0) is 12.3. The van der Waals surface area contributed by atoms with Crippen LogP contribution in [0.15, 0.2) is 36.5 Å². The molecule has 0 amide bonds. The van der Waals surface area contributed by atoms with Crippen molar-refractivity contribution < 1.29 is 9.53 Å². The lowest BCUT2D eigenvalue weighted by Gasteiger charge is -2.02. The van der Waals surface area contributed by atoms with Crippen LogP contribution in [0.1, 0.15) is 10.6 Å². The topological polar surface area (TPSA) is 52.1 Å². The van der Waals surface area contributed by atoms with Crippen molar-refractivity contribution in [2.75, 3.05) is 7.11 Å². The van der Waals surface area contributed by atoms with E-state index >= 15 is 0 Å². The van der Waals surface area contributed by atoms with Crippen molar-refractivity contribution in [1.29, 1.82) is 0 Å². The number of esters is 1. The summed E-state index contributed by atoms with van der Waals surface area (Å²) in [7, 11) is 1.29. The SMILES string of the molecule is COC(=O)c1nccc(-c2cccc(Cl)c2)n1. The van der Waals surface area contributed by atoms with Crippen LogP contribution >= 0.6 is 11.6 Å². The molecule has 0 atom stereocenters. The Hall–Kier alpha value is -1.94. The second kappa shape index (κ2) is 4.93. The Labute approximate surface area is 103 Å². The highest BCUT2D eigenvalue weighted by molar-refractivity contribution is 6.30. The molecular weight excluding hydrogens is 240 g/mol. The molecule has 0 fully saturated rings. The fourth-order valence-electron chi connectivity index (χ4n) is 1.36. The molecule has 0 aliphatic carbocycles. The summed E-state index contributed by atoms with van der Waals surface area (Å²) in [5, 5.41) is 0.612. The molecule has 4 nitrogen and oxygen atoms in total. The van der Waals surface area contributed by atoms with Gasteiger partial charge in [0.25, 0.3) is 0 Å². The summed E-state index contributed by atoms with van der Waals surface area (Å²) in [6.45, 7) is 0. The van der Waals surface area contributed by atoms with Gasteiger partial charge in [-0.25, -0.2) is 14.8 Å². The van der Waals surface area contributed by atoms with E-state index in [4.69, 9.17) is 11.6 Å². The molecule has 0 bridgehead atoms. The van der Waals surface area contributed by atoms with Gasteiger partial charge in [0, 0.05) is 16.8 Å². The van der Waals surface area contributed by atoms with Crippen molar-refractivity contribution in [2.45, 2.75) is 0 Å². The van der Waals surface area contributed by atoms with Gasteiger partial charge in [0.05, 0.1) is 12.8 Å². The molecule has 0 aliphatic heterocycles. The highest BCUT2D eigenvalue weighted by Gasteiger charge is 2.10. The maximum Gasteiger partial charge on any atom is 0.376 e. The summed E-state index contributed by atoms with van der Waals surface area (Å²) in [4.78, 5) is 19.2. The lowest BCUT2D eigenvalue weighted by molar-refractivity contribution is 0.0587. The number of benzene rings is 1. The maximum absolute atomic E-state index is 11.3. The minimum Gasteiger partial charge on any atom is -0.463 e. The van der Waals surface area contributed by atoms with E-state index in [2.05, 4.69) is 14.7 Å². The van der Waals surface area contributed by atoms with Gasteiger partial charge in [0.2, 0.25) is 5.82 Å². The highest BCUT2D eigenvalue weighted by Crippen LogP contribution is 2.20. The van der Waals surface area contributed by atoms with Crippen molar-refractivity contribution in [3.05, 3.63) is 47.4 Å². The standard InChI is InChI=1S/C12H9ClN2O2/c1-17-12(16)11-14-6-5-10(15-11)8-3-2-4-9(13)7-8/h2-7H,1H3. The summed E-state index contributed by atoms with van der Waals surface area (Å²) < 4.78 is 4.56. The molecule has 0 aliphatic rings. The smallest absolute Gasteiger partial charge is 0.376 e. The first kappa shape index (κ1) is 11.5. The van der Waals surface area contributed by atoms with E-state index in [0.29, 0.717) is 10.7 Å². The fraction of sp³-hybridized carbons (Fsp3) is 0.0833. The number of carbonyl (C=O) groups is 1. The summed E-state index contributed by atoms with van der Waals surface area (Å²) in [5.74, 6) is -0.529. The lowest BCUT2D eigenvalue weighted by atomic mass is 10.1. The van der Waals surface area contributed by atoms with Crippen LogP contribution in [0.5, 0.6) is 0 Å². The number of ether oxygens (including phenoxy) is 1. The molecule has 2 rings (SSSR count). The van der Waals surface area contributed by atoms with Gasteiger partial charge >= 0.3 is 5.97 Å². The minimum absolute atomic E-state index is 0.0324. The molecule has 2 aromatic rings. The predicted octanol–water partition coefficient (Wildman–Crippen LogP) is 2.58. The largest absolute Gasteiger partial charge is 0.463 e. The third kappa shape index (κ3) is 2.60. The van der Waals surface area contributed by atoms with Crippen LogP contribution in [0, 0.1) is 0 Å². The number of rotatable bonds is 2. The first-order valence-corrected chi connectivity index (χ1v) is 5.26. The van der Waals surface area contributed by atoms with Crippen molar-refractivity contribution in [1.82, 2.24) is 9.97 Å². The van der Waals surface area contributed by atoms with E-state index in [-0.39, 0.29) is 5.82 Å². The third-order valence-corrected chi connectivity index (χ3v) is 2.38. The Morgan fingerprint density at radius 3 is 2.88 bits per heavy atom. The van der Waals surface area contributed by atoms with Crippen LogP contribution in [-0.4, -0.2) is 23.0 Å². The monoisotopic (exact) mass is 248 g/mol. The number of halogens is 1. The zero-order valence-corrected chi connectivity index (χ0v) is 9.81. The summed E-state index contributed by atoms with van der Waals surface area (Å²) in [6.07, 6.45) is 1.51. The first-order valence-electron chi connectivity index (χ1n) is 4.88. The third-order valence-electron chi connectivity index (χ3n) is 2.14. The molecule has 17 heavy (non-hydrogen) atoms. The molecule has 0 unspecified atom stereocenters. The van der Waals surface area contributed by atoms with Crippen molar-refractivity contribution in [2.24, 2.45) is 0 Å². The van der Waals surface area contributed by atoms with Crippen molar-refractivity contribution in [3.8, 4) is 11.3 Å². The summed E-state index contributed by atoms with van der Waals surface area (Å²) in [5.41, 5.74) is 1.45. The number of hydrogen-bond donors (Lipinski definition) is 0. The lowest BCUT2D eigenvalue weighted by Crippen LogP contribution is -2.07. The van der Waals surface area contributed by atoms with Crippen LogP contribution in [0.25, 0.3) is 11.3 Å². The fourth-order valence-corrected chi connectivity index (χ4v) is 1.55. The maximum atomic E-state index is 11.3. The van der Waals surface area contributed by atoms with Gasteiger partial charge in [0.15, 0.2) is 0 Å². The Morgan fingerprint density at radius 1 is 1.35 bits per heavy atom. The average Bonchev–Trinajstić information content (AvgIpc) is 2.38. The number of nitrogens with zero attached hydrogens (tertiary/aromatic N) is 2. The molecule has 5 heteroatoms. The van der Waals surface area contributed by atoms with Crippen molar-refractivity contribution >= 4 is 17.6 Å². The molecule has 0 N–H and O–H groups in total. The van der Waals surface area contributed by atoms with Crippen LogP contribution in [-0.2, 0) is 4.74 Å². The van der Waals surface area contributed by atoms with Gasteiger partial charge in [-0.15, -0.1) is 0 Å². The van der Waals surface area contributed by atoms with E-state index in [0.717, 1.165) is 5.56 Å². The van der Waals surface area contributed by atoms with Gasteiger partial charge in [-0.3, -0.25) is 0 Å². The Bertz CT molecular complexity index is 558. The number of hydrogen-bond acceptors (Lipinski definition) is 4. The van der Waals surface area contributed by atoms with E-state index in [1.807, 2.05) is 12.1 Å². The molecule has 0 radical (unpaired) electrons. The Balaban J connectivity index is 2.43. The second-order valence-corrected chi connectivity index (χ2v) is 3.70. The second-order valence-electron chi connectivity index (χ2n) is 3.27. The molecule has 0 saturated carbocycles. The molecule has 86 valence electrons. The van der Waals surface area contributed by atoms with E-state index in [1.165, 1.54) is 13.3 Å². The van der Waals surface area contributed by atoms with Crippen LogP contribution < -0.4 is 0 Å². The highest BCUT2D eigenvalue weighted by atomic mass is 35.5. The number of aromatic nitrogens is 2. The molecule has 1 aromatic heterocycles. The zero-order valence-electron chi connectivity index (χ0n) is 9.05. The van der Waals surface area contributed by atoms with Gasteiger partial charge in [0.1, 0.15) is 0 Å². The average molecular weight is 249 g/mol. The van der Waals surface area contributed by atoms with E-state index in [9.17, 15) is 4.79 Å². The Kier molecular flexibility index (Phi) is 3.35. The molecule has 1 aromatic carbocycles. The molecular formula is C12H9ClN2O2. The van der Waals surface area contributed by atoms with Crippen LogP contribution in [0.4, 0.5) is 0 Å².